The molecule has 112 valence electrons. The quantitative estimate of drug-likeness (QED) is 0.555. The summed E-state index contributed by atoms with van der Waals surface area (Å²) < 4.78 is 0. The number of nitrogens with zero attached hydrogens (tertiary/aromatic N) is 1. The molecule has 0 aliphatic rings. The Hall–Kier alpha value is -1.63. The van der Waals surface area contributed by atoms with Crippen LogP contribution in [-0.4, -0.2) is 4.98 Å². The molecule has 0 radical (unpaired) electrons. The first-order valence-electron chi connectivity index (χ1n) is 8.37. The number of hydrogen-bond acceptors (Lipinski definition) is 1. The van der Waals surface area contributed by atoms with Gasteiger partial charge in [-0.15, -0.1) is 0 Å². The summed E-state index contributed by atoms with van der Waals surface area (Å²) in [5.74, 6) is 0. The average Bonchev–Trinajstić information content (AvgIpc) is 2.55. The highest BCUT2D eigenvalue weighted by molar-refractivity contribution is 5.59. The Morgan fingerprint density at radius 3 is 2.10 bits per heavy atom. The van der Waals surface area contributed by atoms with E-state index in [0.29, 0.717) is 0 Å². The van der Waals surface area contributed by atoms with Crippen LogP contribution in [0.1, 0.15) is 57.1 Å². The maximum Gasteiger partial charge on any atom is 0.0702 e. The highest BCUT2D eigenvalue weighted by Gasteiger charge is 2.00. The summed E-state index contributed by atoms with van der Waals surface area (Å²) in [6, 6.07) is 13.1. The second kappa shape index (κ2) is 8.61. The SMILES string of the molecule is CCCCCCCc1ccc(-c2ccc(CC)cc2)nc1. The molecule has 0 aliphatic heterocycles. The summed E-state index contributed by atoms with van der Waals surface area (Å²) in [4.78, 5) is 4.62. The molecular formula is C20H27N. The van der Waals surface area contributed by atoms with Crippen LogP contribution in [0.15, 0.2) is 42.6 Å². The Kier molecular flexibility index (Phi) is 6.46. The molecule has 0 bridgehead atoms. The maximum atomic E-state index is 4.62. The van der Waals surface area contributed by atoms with E-state index in [9.17, 15) is 0 Å². The van der Waals surface area contributed by atoms with Gasteiger partial charge in [0.05, 0.1) is 5.69 Å². The van der Waals surface area contributed by atoms with Gasteiger partial charge in [-0.25, -0.2) is 0 Å². The van der Waals surface area contributed by atoms with E-state index < -0.39 is 0 Å². The van der Waals surface area contributed by atoms with E-state index in [2.05, 4.69) is 55.2 Å². The lowest BCUT2D eigenvalue weighted by Crippen LogP contribution is -1.90. The van der Waals surface area contributed by atoms with Crippen LogP contribution in [0.4, 0.5) is 0 Å². The molecule has 0 fully saturated rings. The topological polar surface area (TPSA) is 12.9 Å². The van der Waals surface area contributed by atoms with Gasteiger partial charge < -0.3 is 0 Å². The molecule has 1 aromatic carbocycles. The maximum absolute atomic E-state index is 4.62. The van der Waals surface area contributed by atoms with Crippen molar-refractivity contribution in [2.75, 3.05) is 0 Å². The van der Waals surface area contributed by atoms with E-state index >= 15 is 0 Å². The van der Waals surface area contributed by atoms with Crippen LogP contribution in [0.3, 0.4) is 0 Å². The Labute approximate surface area is 129 Å². The fraction of sp³-hybridized carbons (Fsp3) is 0.450. The molecule has 0 amide bonds. The zero-order chi connectivity index (χ0) is 14.9. The van der Waals surface area contributed by atoms with E-state index in [-0.39, 0.29) is 0 Å². The van der Waals surface area contributed by atoms with Crippen LogP contribution in [0.25, 0.3) is 11.3 Å². The zero-order valence-electron chi connectivity index (χ0n) is 13.4. The molecule has 2 rings (SSSR count). The largest absolute Gasteiger partial charge is 0.256 e. The molecule has 0 spiro atoms. The summed E-state index contributed by atoms with van der Waals surface area (Å²) in [5, 5.41) is 0. The Morgan fingerprint density at radius 2 is 1.48 bits per heavy atom. The lowest BCUT2D eigenvalue weighted by Gasteiger charge is -2.05. The van der Waals surface area contributed by atoms with Crippen molar-refractivity contribution in [3.8, 4) is 11.3 Å². The van der Waals surface area contributed by atoms with E-state index in [4.69, 9.17) is 0 Å². The van der Waals surface area contributed by atoms with Crippen molar-refractivity contribution in [3.63, 3.8) is 0 Å². The third kappa shape index (κ3) is 5.00. The van der Waals surface area contributed by atoms with Crippen LogP contribution in [0.2, 0.25) is 0 Å². The third-order valence-electron chi connectivity index (χ3n) is 4.05. The molecule has 0 unspecified atom stereocenters. The van der Waals surface area contributed by atoms with Crippen LogP contribution >= 0.6 is 0 Å². The summed E-state index contributed by atoms with van der Waals surface area (Å²) in [6.07, 6.45) is 11.0. The first-order valence-corrected chi connectivity index (χ1v) is 8.37. The van der Waals surface area contributed by atoms with Crippen molar-refractivity contribution in [2.45, 2.75) is 58.8 Å². The van der Waals surface area contributed by atoms with Crippen molar-refractivity contribution in [1.29, 1.82) is 0 Å². The third-order valence-corrected chi connectivity index (χ3v) is 4.05. The highest BCUT2D eigenvalue weighted by atomic mass is 14.7. The van der Waals surface area contributed by atoms with Gasteiger partial charge in [0.2, 0.25) is 0 Å². The second-order valence-electron chi connectivity index (χ2n) is 5.77. The summed E-state index contributed by atoms with van der Waals surface area (Å²) in [5.41, 5.74) is 5.02. The second-order valence-corrected chi connectivity index (χ2v) is 5.77. The van der Waals surface area contributed by atoms with Crippen molar-refractivity contribution in [1.82, 2.24) is 4.98 Å². The molecule has 0 saturated heterocycles. The van der Waals surface area contributed by atoms with Gasteiger partial charge in [0.1, 0.15) is 0 Å². The number of pyridine rings is 1. The molecule has 0 atom stereocenters. The van der Waals surface area contributed by atoms with Gasteiger partial charge in [0, 0.05) is 11.8 Å². The lowest BCUT2D eigenvalue weighted by atomic mass is 10.0. The highest BCUT2D eigenvalue weighted by Crippen LogP contribution is 2.18. The molecule has 0 aliphatic carbocycles. The Bertz CT molecular complexity index is 511. The summed E-state index contributed by atoms with van der Waals surface area (Å²) in [6.45, 7) is 4.44. The van der Waals surface area contributed by atoms with E-state index in [1.807, 2.05) is 6.20 Å². The fourth-order valence-corrected chi connectivity index (χ4v) is 2.59. The van der Waals surface area contributed by atoms with E-state index in [1.54, 1.807) is 0 Å². The minimum absolute atomic E-state index is 1.08. The molecule has 0 N–H and O–H groups in total. The molecule has 2 aromatic rings. The normalized spacial score (nSPS) is 10.8. The Morgan fingerprint density at radius 1 is 0.762 bits per heavy atom. The number of aryl methyl sites for hydroxylation is 2. The van der Waals surface area contributed by atoms with Crippen LogP contribution < -0.4 is 0 Å². The first kappa shape index (κ1) is 15.8. The fourth-order valence-electron chi connectivity index (χ4n) is 2.59. The average molecular weight is 281 g/mol. The van der Waals surface area contributed by atoms with Crippen molar-refractivity contribution >= 4 is 0 Å². The van der Waals surface area contributed by atoms with Gasteiger partial charge in [0.25, 0.3) is 0 Å². The van der Waals surface area contributed by atoms with Crippen molar-refractivity contribution in [2.24, 2.45) is 0 Å². The standard InChI is InChI=1S/C20H27N/c1-3-5-6-7-8-9-18-12-15-20(21-16-18)19-13-10-17(4-2)11-14-19/h10-16H,3-9H2,1-2H3. The smallest absolute Gasteiger partial charge is 0.0702 e. The number of unbranched alkanes of at least 4 members (excludes halogenated alkanes) is 4. The monoisotopic (exact) mass is 281 g/mol. The molecule has 1 heteroatoms. The zero-order valence-corrected chi connectivity index (χ0v) is 13.4. The molecule has 1 aromatic heterocycles. The molecule has 1 heterocycles. The van der Waals surface area contributed by atoms with Gasteiger partial charge in [-0.05, 0) is 36.5 Å². The lowest BCUT2D eigenvalue weighted by molar-refractivity contribution is 0.632. The van der Waals surface area contributed by atoms with E-state index in [1.165, 1.54) is 48.8 Å². The summed E-state index contributed by atoms with van der Waals surface area (Å²) >= 11 is 0. The number of rotatable bonds is 8. The molecular weight excluding hydrogens is 254 g/mol. The molecule has 0 saturated carbocycles. The van der Waals surface area contributed by atoms with Crippen LogP contribution in [0, 0.1) is 0 Å². The van der Waals surface area contributed by atoms with Gasteiger partial charge in [-0.2, -0.15) is 0 Å². The minimum Gasteiger partial charge on any atom is -0.256 e. The molecule has 21 heavy (non-hydrogen) atoms. The van der Waals surface area contributed by atoms with Crippen molar-refractivity contribution in [3.05, 3.63) is 53.7 Å². The molecule has 1 nitrogen and oxygen atoms in total. The van der Waals surface area contributed by atoms with Gasteiger partial charge in [-0.1, -0.05) is 69.9 Å². The summed E-state index contributed by atoms with van der Waals surface area (Å²) in [7, 11) is 0. The van der Waals surface area contributed by atoms with Gasteiger partial charge in [-0.3, -0.25) is 4.98 Å². The van der Waals surface area contributed by atoms with Crippen LogP contribution in [0.5, 0.6) is 0 Å². The number of aromatic nitrogens is 1. The first-order chi connectivity index (χ1) is 10.3. The number of benzene rings is 1. The predicted octanol–water partition coefficient (Wildman–Crippen LogP) is 5.82. The van der Waals surface area contributed by atoms with E-state index in [0.717, 1.165) is 18.5 Å². The van der Waals surface area contributed by atoms with Crippen LogP contribution in [-0.2, 0) is 12.8 Å². The van der Waals surface area contributed by atoms with Gasteiger partial charge >= 0.3 is 0 Å². The predicted molar refractivity (Wildman–Crippen MR) is 91.5 cm³/mol. The van der Waals surface area contributed by atoms with Gasteiger partial charge in [0.15, 0.2) is 0 Å². The minimum atomic E-state index is 1.08. The van der Waals surface area contributed by atoms with Crippen molar-refractivity contribution < 1.29 is 0 Å². The number of hydrogen-bond donors (Lipinski definition) is 0. The Balaban J connectivity index is 1.88.